The van der Waals surface area contributed by atoms with E-state index in [1.165, 1.54) is 4.57 Å². The van der Waals surface area contributed by atoms with E-state index >= 15 is 0 Å². The summed E-state index contributed by atoms with van der Waals surface area (Å²) in [5.74, 6) is 0.926. The van der Waals surface area contributed by atoms with Crippen LogP contribution in [0.15, 0.2) is 59.7 Å². The van der Waals surface area contributed by atoms with Gasteiger partial charge in [-0.2, -0.15) is 0 Å². The normalized spacial score (nSPS) is 12.1. The minimum atomic E-state index is -0.360. The van der Waals surface area contributed by atoms with Gasteiger partial charge in [-0.3, -0.25) is 19.1 Å². The largest absolute Gasteiger partial charge is 0.454 e. The molecule has 30 heavy (non-hydrogen) atoms. The number of carbonyl (C=O) groups excluding carboxylic acids is 1. The summed E-state index contributed by atoms with van der Waals surface area (Å²) in [6.07, 6.45) is 4.15. The maximum atomic E-state index is 13.4. The van der Waals surface area contributed by atoms with Crippen LogP contribution in [0, 0.1) is 6.92 Å². The van der Waals surface area contributed by atoms with E-state index in [9.17, 15) is 9.59 Å². The second-order valence-electron chi connectivity index (χ2n) is 7.13. The molecule has 1 amide bonds. The number of pyridine rings is 2. The Balaban J connectivity index is 1.71. The number of aryl methyl sites for hydroxylation is 1. The number of aromatic nitrogens is 2. The maximum absolute atomic E-state index is 13.4. The third-order valence-electron chi connectivity index (χ3n) is 5.01. The number of nitrogens with zero attached hydrogens (tertiary/aromatic N) is 3. The summed E-state index contributed by atoms with van der Waals surface area (Å²) in [6, 6.07) is 12.7. The molecule has 3 aromatic rings. The van der Waals surface area contributed by atoms with Gasteiger partial charge in [0.25, 0.3) is 11.5 Å². The van der Waals surface area contributed by atoms with Crippen molar-refractivity contribution in [2.75, 3.05) is 13.3 Å². The Kier molecular flexibility index (Phi) is 5.52. The number of carbonyl (C=O) groups is 1. The van der Waals surface area contributed by atoms with Crippen molar-refractivity contribution in [3.8, 4) is 17.2 Å². The zero-order chi connectivity index (χ0) is 21.1. The van der Waals surface area contributed by atoms with E-state index in [4.69, 9.17) is 9.47 Å². The zero-order valence-corrected chi connectivity index (χ0v) is 17.0. The molecule has 7 heteroatoms. The van der Waals surface area contributed by atoms with Gasteiger partial charge in [0.1, 0.15) is 5.56 Å². The molecule has 154 valence electrons. The molecule has 0 aliphatic carbocycles. The highest BCUT2D eigenvalue weighted by Crippen LogP contribution is 2.33. The van der Waals surface area contributed by atoms with Crippen molar-refractivity contribution in [2.45, 2.75) is 26.8 Å². The van der Waals surface area contributed by atoms with E-state index in [1.807, 2.05) is 25.1 Å². The quantitative estimate of drug-likeness (QED) is 0.629. The van der Waals surface area contributed by atoms with Crippen molar-refractivity contribution >= 4 is 5.91 Å². The molecule has 2 aromatic heterocycles. The van der Waals surface area contributed by atoms with Crippen molar-refractivity contribution in [3.63, 3.8) is 0 Å². The minimum Gasteiger partial charge on any atom is -0.454 e. The highest BCUT2D eigenvalue weighted by atomic mass is 16.7. The molecular weight excluding hydrogens is 382 g/mol. The molecule has 4 rings (SSSR count). The van der Waals surface area contributed by atoms with Crippen LogP contribution in [0.3, 0.4) is 0 Å². The molecule has 0 atom stereocenters. The number of rotatable bonds is 6. The van der Waals surface area contributed by atoms with E-state index in [-0.39, 0.29) is 23.8 Å². The zero-order valence-electron chi connectivity index (χ0n) is 17.0. The Morgan fingerprint density at radius 3 is 2.77 bits per heavy atom. The summed E-state index contributed by atoms with van der Waals surface area (Å²) in [5, 5.41) is 0. The van der Waals surface area contributed by atoms with Crippen LogP contribution >= 0.6 is 0 Å². The van der Waals surface area contributed by atoms with Crippen LogP contribution < -0.4 is 15.0 Å². The predicted molar refractivity (Wildman–Crippen MR) is 112 cm³/mol. The topological polar surface area (TPSA) is 73.7 Å². The predicted octanol–water partition coefficient (Wildman–Crippen LogP) is 3.32. The van der Waals surface area contributed by atoms with Gasteiger partial charge in [-0.1, -0.05) is 13.0 Å². The van der Waals surface area contributed by atoms with E-state index in [2.05, 4.69) is 4.98 Å². The van der Waals surface area contributed by atoms with Crippen molar-refractivity contribution in [3.05, 3.63) is 82.0 Å². The second-order valence-corrected chi connectivity index (χ2v) is 7.13. The molecule has 0 spiro atoms. The van der Waals surface area contributed by atoms with Gasteiger partial charge in [0.2, 0.25) is 6.79 Å². The molecule has 0 unspecified atom stereocenters. The fourth-order valence-electron chi connectivity index (χ4n) is 3.49. The molecule has 3 heterocycles. The second kappa shape index (κ2) is 8.41. The summed E-state index contributed by atoms with van der Waals surface area (Å²) in [6.45, 7) is 4.83. The molecule has 0 saturated carbocycles. The SMILES string of the molecule is CCCN(Cc1ccccn1)C(=O)c1c(C)ccn(-c2ccc3c(c2)OCO3)c1=O. The summed E-state index contributed by atoms with van der Waals surface area (Å²) < 4.78 is 12.2. The average molecular weight is 405 g/mol. The number of hydrogen-bond acceptors (Lipinski definition) is 5. The van der Waals surface area contributed by atoms with Gasteiger partial charge < -0.3 is 14.4 Å². The first kappa shape index (κ1) is 19.7. The Labute approximate surface area is 174 Å². The first-order valence-corrected chi connectivity index (χ1v) is 9.90. The van der Waals surface area contributed by atoms with Crippen LogP contribution in [0.1, 0.15) is 35.0 Å². The highest BCUT2D eigenvalue weighted by Gasteiger charge is 2.23. The van der Waals surface area contributed by atoms with E-state index < -0.39 is 0 Å². The fourth-order valence-corrected chi connectivity index (χ4v) is 3.49. The molecule has 0 fully saturated rings. The van der Waals surface area contributed by atoms with Gasteiger partial charge in [-0.05, 0) is 49.2 Å². The van der Waals surface area contributed by atoms with Gasteiger partial charge >= 0.3 is 0 Å². The van der Waals surface area contributed by atoms with Gasteiger partial charge in [0, 0.05) is 25.0 Å². The lowest BCUT2D eigenvalue weighted by Crippen LogP contribution is -2.37. The number of hydrogen-bond donors (Lipinski definition) is 0. The Morgan fingerprint density at radius 2 is 2.00 bits per heavy atom. The summed E-state index contributed by atoms with van der Waals surface area (Å²) >= 11 is 0. The van der Waals surface area contributed by atoms with Crippen LogP contribution in [0.4, 0.5) is 0 Å². The Morgan fingerprint density at radius 1 is 1.17 bits per heavy atom. The minimum absolute atomic E-state index is 0.158. The number of ether oxygens (including phenoxy) is 2. The lowest BCUT2D eigenvalue weighted by Gasteiger charge is -2.23. The van der Waals surface area contributed by atoms with Crippen LogP contribution in [0.25, 0.3) is 5.69 Å². The molecule has 0 saturated heterocycles. The fraction of sp³-hybridized carbons (Fsp3) is 0.261. The first-order chi connectivity index (χ1) is 14.6. The molecule has 7 nitrogen and oxygen atoms in total. The summed E-state index contributed by atoms with van der Waals surface area (Å²) in [5.41, 5.74) is 1.85. The molecular formula is C23H23N3O4. The summed E-state index contributed by atoms with van der Waals surface area (Å²) in [4.78, 5) is 32.7. The van der Waals surface area contributed by atoms with Crippen molar-refractivity contribution < 1.29 is 14.3 Å². The van der Waals surface area contributed by atoms with Crippen LogP contribution in [0.5, 0.6) is 11.5 Å². The standard InChI is InChI=1S/C23H23N3O4/c1-3-11-25(14-17-6-4-5-10-24-17)22(27)21-16(2)9-12-26(23(21)28)18-7-8-19-20(13-18)30-15-29-19/h4-10,12-13H,3,11,14-15H2,1-2H3. The lowest BCUT2D eigenvalue weighted by atomic mass is 10.1. The third-order valence-corrected chi connectivity index (χ3v) is 5.01. The molecule has 1 aromatic carbocycles. The molecule has 0 N–H and O–H groups in total. The van der Waals surface area contributed by atoms with Crippen molar-refractivity contribution in [1.82, 2.24) is 14.5 Å². The Bertz CT molecular complexity index is 1130. The van der Waals surface area contributed by atoms with Gasteiger partial charge in [0.05, 0.1) is 17.9 Å². The van der Waals surface area contributed by atoms with Crippen LogP contribution in [-0.4, -0.2) is 33.7 Å². The maximum Gasteiger partial charge on any atom is 0.268 e. The van der Waals surface area contributed by atoms with Crippen LogP contribution in [0.2, 0.25) is 0 Å². The van der Waals surface area contributed by atoms with Crippen molar-refractivity contribution in [1.29, 1.82) is 0 Å². The Hall–Kier alpha value is -3.61. The molecule has 1 aliphatic heterocycles. The molecule has 1 aliphatic rings. The molecule has 0 radical (unpaired) electrons. The van der Waals surface area contributed by atoms with E-state index in [0.29, 0.717) is 35.8 Å². The first-order valence-electron chi connectivity index (χ1n) is 9.90. The summed E-state index contributed by atoms with van der Waals surface area (Å²) in [7, 11) is 0. The van der Waals surface area contributed by atoms with Gasteiger partial charge in [-0.25, -0.2) is 0 Å². The smallest absolute Gasteiger partial charge is 0.268 e. The van der Waals surface area contributed by atoms with Gasteiger partial charge in [-0.15, -0.1) is 0 Å². The number of amides is 1. The average Bonchev–Trinajstić information content (AvgIpc) is 3.22. The monoisotopic (exact) mass is 405 g/mol. The van der Waals surface area contributed by atoms with Gasteiger partial charge in [0.15, 0.2) is 11.5 Å². The number of benzene rings is 1. The highest BCUT2D eigenvalue weighted by molar-refractivity contribution is 5.95. The lowest BCUT2D eigenvalue weighted by molar-refractivity contribution is 0.0738. The van der Waals surface area contributed by atoms with E-state index in [1.54, 1.807) is 48.5 Å². The van der Waals surface area contributed by atoms with Crippen LogP contribution in [-0.2, 0) is 6.54 Å². The number of fused-ring (bicyclic) bond motifs is 1. The van der Waals surface area contributed by atoms with Crippen molar-refractivity contribution in [2.24, 2.45) is 0 Å². The third kappa shape index (κ3) is 3.78. The van der Waals surface area contributed by atoms with E-state index in [0.717, 1.165) is 12.1 Å². The molecule has 0 bridgehead atoms.